The Labute approximate surface area is 230 Å². The van der Waals surface area contributed by atoms with Gasteiger partial charge in [-0.2, -0.15) is 0 Å². The lowest BCUT2D eigenvalue weighted by Gasteiger charge is -2.28. The van der Waals surface area contributed by atoms with Crippen LogP contribution >= 0.6 is 11.3 Å². The van der Waals surface area contributed by atoms with Gasteiger partial charge in [0.25, 0.3) is 5.91 Å². The van der Waals surface area contributed by atoms with Crippen LogP contribution in [-0.2, 0) is 14.3 Å². The molecule has 1 aliphatic heterocycles. The largest absolute Gasteiger partial charge is 0.449 e. The number of fused-ring (bicyclic) bond motifs is 1. The molecule has 2 atom stereocenters. The first kappa shape index (κ1) is 26.4. The molecule has 202 valence electrons. The fraction of sp³-hybridized carbons (Fsp3) is 0.310. The summed E-state index contributed by atoms with van der Waals surface area (Å²) >= 11 is 1.53. The Morgan fingerprint density at radius 2 is 1.77 bits per heavy atom. The first-order valence-electron chi connectivity index (χ1n) is 13.0. The Balaban J connectivity index is 1.29. The zero-order chi connectivity index (χ0) is 27.4. The highest BCUT2D eigenvalue weighted by Crippen LogP contribution is 2.30. The summed E-state index contributed by atoms with van der Waals surface area (Å²) in [4.78, 5) is 47.5. The van der Waals surface area contributed by atoms with E-state index in [-0.39, 0.29) is 24.3 Å². The van der Waals surface area contributed by atoms with Gasteiger partial charge in [0.2, 0.25) is 5.91 Å². The number of benzene rings is 2. The number of anilines is 1. The summed E-state index contributed by atoms with van der Waals surface area (Å²) in [7, 11) is 0. The van der Waals surface area contributed by atoms with E-state index in [4.69, 9.17) is 4.74 Å². The van der Waals surface area contributed by atoms with E-state index in [1.165, 1.54) is 11.3 Å². The average molecular weight is 546 g/mol. The molecule has 2 aromatic carbocycles. The zero-order valence-electron chi connectivity index (χ0n) is 21.9. The molecule has 9 nitrogen and oxygen atoms in total. The number of thiazole rings is 1. The number of ether oxygens (including phenoxy) is 1. The molecule has 10 heteroatoms. The number of amides is 3. The van der Waals surface area contributed by atoms with Gasteiger partial charge in [0.05, 0.1) is 17.7 Å². The van der Waals surface area contributed by atoms with Gasteiger partial charge in [0, 0.05) is 12.7 Å². The lowest BCUT2D eigenvalue weighted by atomic mass is 10.0. The number of nitrogens with zero attached hydrogens (tertiary/aromatic N) is 3. The summed E-state index contributed by atoms with van der Waals surface area (Å²) in [5, 5.41) is 5.59. The van der Waals surface area contributed by atoms with Crippen LogP contribution in [0.5, 0.6) is 0 Å². The van der Waals surface area contributed by atoms with E-state index < -0.39 is 18.2 Å². The summed E-state index contributed by atoms with van der Waals surface area (Å²) in [5.41, 5.74) is 1.73. The molecule has 0 bridgehead atoms. The second-order valence-electron chi connectivity index (χ2n) is 9.94. The predicted octanol–water partition coefficient (Wildman–Crippen LogP) is 5.12. The molecule has 0 saturated carbocycles. The lowest BCUT2D eigenvalue weighted by molar-refractivity contribution is -0.138. The summed E-state index contributed by atoms with van der Waals surface area (Å²) in [6.45, 7) is 4.53. The van der Waals surface area contributed by atoms with Crippen LogP contribution in [0.1, 0.15) is 38.3 Å². The molecular weight excluding hydrogens is 514 g/mol. The van der Waals surface area contributed by atoms with Crippen molar-refractivity contribution < 1.29 is 19.1 Å². The predicted molar refractivity (Wildman–Crippen MR) is 150 cm³/mol. The molecule has 0 spiro atoms. The van der Waals surface area contributed by atoms with Gasteiger partial charge in [-0.25, -0.2) is 9.78 Å². The second kappa shape index (κ2) is 11.7. The molecule has 0 aliphatic carbocycles. The van der Waals surface area contributed by atoms with Crippen LogP contribution in [-0.4, -0.2) is 51.4 Å². The SMILES string of the molecule is CC(C)COC(=O)N[C@@H](C(=O)N1CCC[C@H]1C(=O)Nc1cn2cc(-c3ccccc3)sc2n1)c1ccccc1. The third-order valence-corrected chi connectivity index (χ3v) is 7.54. The average Bonchev–Trinajstić information content (AvgIpc) is 3.67. The Morgan fingerprint density at radius 1 is 1.05 bits per heavy atom. The highest BCUT2D eigenvalue weighted by molar-refractivity contribution is 7.20. The van der Waals surface area contributed by atoms with Crippen LogP contribution < -0.4 is 10.6 Å². The topological polar surface area (TPSA) is 105 Å². The number of aromatic nitrogens is 2. The van der Waals surface area contributed by atoms with Crippen molar-refractivity contribution in [2.75, 3.05) is 18.5 Å². The van der Waals surface area contributed by atoms with Crippen LogP contribution in [0.3, 0.4) is 0 Å². The number of nitrogens with one attached hydrogen (secondary N) is 2. The van der Waals surface area contributed by atoms with Gasteiger partial charge in [0.15, 0.2) is 10.8 Å². The normalized spacial score (nSPS) is 15.9. The standard InChI is InChI=1S/C29H31N5O4S/c1-19(2)18-38-29(37)32-25(21-12-7-4-8-13-21)27(36)34-15-9-14-22(34)26(35)30-24-17-33-16-23(39-28(33)31-24)20-10-5-3-6-11-20/h3-8,10-13,16-17,19,22,25H,9,14-15,18H2,1-2H3,(H,30,35)(H,32,37)/t22-,25+/m0/s1. The number of alkyl carbamates (subject to hydrolysis) is 1. The van der Waals surface area contributed by atoms with Gasteiger partial charge in [-0.1, -0.05) is 85.8 Å². The van der Waals surface area contributed by atoms with E-state index >= 15 is 0 Å². The lowest BCUT2D eigenvalue weighted by Crippen LogP contribution is -2.48. The number of likely N-dealkylation sites (tertiary alicyclic amines) is 1. The van der Waals surface area contributed by atoms with Gasteiger partial charge in [-0.15, -0.1) is 0 Å². The molecule has 0 radical (unpaired) electrons. The highest BCUT2D eigenvalue weighted by Gasteiger charge is 2.38. The molecule has 1 saturated heterocycles. The number of hydrogen-bond acceptors (Lipinski definition) is 6. The van der Waals surface area contributed by atoms with Crippen LogP contribution in [0.4, 0.5) is 10.6 Å². The molecule has 1 fully saturated rings. The molecule has 39 heavy (non-hydrogen) atoms. The molecular formula is C29H31N5O4S. The zero-order valence-corrected chi connectivity index (χ0v) is 22.7. The van der Waals surface area contributed by atoms with Gasteiger partial charge in [-0.05, 0) is 29.9 Å². The number of imidazole rings is 1. The smallest absolute Gasteiger partial charge is 0.408 e. The van der Waals surface area contributed by atoms with E-state index in [2.05, 4.69) is 15.6 Å². The van der Waals surface area contributed by atoms with Gasteiger partial charge in [0.1, 0.15) is 12.1 Å². The fourth-order valence-electron chi connectivity index (χ4n) is 4.61. The van der Waals surface area contributed by atoms with Crippen molar-refractivity contribution in [1.82, 2.24) is 19.6 Å². The van der Waals surface area contributed by atoms with Crippen molar-refractivity contribution in [1.29, 1.82) is 0 Å². The van der Waals surface area contributed by atoms with Gasteiger partial charge < -0.3 is 20.3 Å². The fourth-order valence-corrected chi connectivity index (χ4v) is 5.58. The van der Waals surface area contributed by atoms with Crippen LogP contribution in [0.2, 0.25) is 0 Å². The molecule has 2 N–H and O–H groups in total. The molecule has 5 rings (SSSR count). The van der Waals surface area contributed by atoms with Crippen molar-refractivity contribution in [3.8, 4) is 10.4 Å². The Morgan fingerprint density at radius 3 is 2.46 bits per heavy atom. The third kappa shape index (κ3) is 6.12. The van der Waals surface area contributed by atoms with E-state index in [0.29, 0.717) is 30.8 Å². The van der Waals surface area contributed by atoms with E-state index in [1.807, 2.05) is 60.8 Å². The first-order chi connectivity index (χ1) is 18.9. The minimum Gasteiger partial charge on any atom is -0.449 e. The summed E-state index contributed by atoms with van der Waals surface area (Å²) in [5.74, 6) is -0.0562. The summed E-state index contributed by atoms with van der Waals surface area (Å²) < 4.78 is 7.16. The maximum absolute atomic E-state index is 13.7. The number of carbonyl (C=O) groups excluding carboxylic acids is 3. The van der Waals surface area contributed by atoms with Crippen molar-refractivity contribution in [3.05, 3.63) is 78.6 Å². The Kier molecular flexibility index (Phi) is 7.92. The van der Waals surface area contributed by atoms with Crippen LogP contribution in [0, 0.1) is 5.92 Å². The van der Waals surface area contributed by atoms with Gasteiger partial charge in [-0.3, -0.25) is 14.0 Å². The molecule has 1 aliphatic rings. The summed E-state index contributed by atoms with van der Waals surface area (Å²) in [6.07, 6.45) is 4.30. The quantitative estimate of drug-likeness (QED) is 0.320. The summed E-state index contributed by atoms with van der Waals surface area (Å²) in [6, 6.07) is 17.4. The van der Waals surface area contributed by atoms with Crippen molar-refractivity contribution in [2.24, 2.45) is 5.92 Å². The highest BCUT2D eigenvalue weighted by atomic mass is 32.1. The molecule has 0 unspecified atom stereocenters. The number of rotatable bonds is 8. The maximum Gasteiger partial charge on any atom is 0.408 e. The molecule has 3 heterocycles. The Bertz CT molecular complexity index is 1420. The second-order valence-corrected chi connectivity index (χ2v) is 10.9. The molecule has 4 aromatic rings. The minimum atomic E-state index is -0.964. The van der Waals surface area contributed by atoms with Crippen LogP contribution in [0.25, 0.3) is 15.4 Å². The van der Waals surface area contributed by atoms with E-state index in [0.717, 1.165) is 15.4 Å². The number of carbonyl (C=O) groups is 3. The third-order valence-electron chi connectivity index (χ3n) is 6.49. The maximum atomic E-state index is 13.7. The van der Waals surface area contributed by atoms with Crippen LogP contribution in [0.15, 0.2) is 73.1 Å². The van der Waals surface area contributed by atoms with Crippen molar-refractivity contribution in [2.45, 2.75) is 38.8 Å². The molecule has 3 amide bonds. The Hall–Kier alpha value is -4.18. The first-order valence-corrected chi connectivity index (χ1v) is 13.8. The monoisotopic (exact) mass is 545 g/mol. The number of hydrogen-bond donors (Lipinski definition) is 2. The van der Waals surface area contributed by atoms with E-state index in [1.54, 1.807) is 35.4 Å². The van der Waals surface area contributed by atoms with E-state index in [9.17, 15) is 14.4 Å². The molecule has 2 aromatic heterocycles. The van der Waals surface area contributed by atoms with Crippen molar-refractivity contribution >= 4 is 40.0 Å². The minimum absolute atomic E-state index is 0.163. The van der Waals surface area contributed by atoms with Crippen molar-refractivity contribution in [3.63, 3.8) is 0 Å². The van der Waals surface area contributed by atoms with Gasteiger partial charge >= 0.3 is 6.09 Å².